The van der Waals surface area contributed by atoms with E-state index in [4.69, 9.17) is 37.0 Å². The van der Waals surface area contributed by atoms with Gasteiger partial charge in [0.2, 0.25) is 0 Å². The Morgan fingerprint density at radius 3 is 0.716 bits per heavy atom. The smallest absolute Gasteiger partial charge is 0.462 e. The summed E-state index contributed by atoms with van der Waals surface area (Å²) in [6.07, 6.45) is 52.5. The number of aliphatic hydroxyl groups is 1. The van der Waals surface area contributed by atoms with Gasteiger partial charge in [-0.05, 0) is 43.4 Å². The maximum Gasteiger partial charge on any atom is 0.472 e. The van der Waals surface area contributed by atoms with Gasteiger partial charge < -0.3 is 33.8 Å². The van der Waals surface area contributed by atoms with Crippen LogP contribution in [-0.2, 0) is 65.4 Å². The Morgan fingerprint density at radius 2 is 0.484 bits per heavy atom. The lowest BCUT2D eigenvalue weighted by atomic mass is 10.0. The van der Waals surface area contributed by atoms with Crippen molar-refractivity contribution in [1.82, 2.24) is 0 Å². The fourth-order valence-electron chi connectivity index (χ4n) is 11.6. The summed E-state index contributed by atoms with van der Waals surface area (Å²) in [6.45, 7) is 11.9. The number of carbonyl (C=O) groups is 4. The Kier molecular flexibility index (Phi) is 65.2. The molecule has 0 aliphatic heterocycles. The third-order valence-electron chi connectivity index (χ3n) is 17.6. The molecular weight excluding hydrogens is 1250 g/mol. The molecule has 0 amide bonds. The molecule has 0 aliphatic rings. The van der Waals surface area contributed by atoms with E-state index < -0.39 is 97.5 Å². The van der Waals surface area contributed by atoms with Gasteiger partial charge in [0.05, 0.1) is 26.4 Å². The molecule has 0 aliphatic carbocycles. The van der Waals surface area contributed by atoms with Gasteiger partial charge in [-0.2, -0.15) is 0 Å². The lowest BCUT2D eigenvalue weighted by molar-refractivity contribution is -0.161. The lowest BCUT2D eigenvalue weighted by Crippen LogP contribution is -2.30. The highest BCUT2D eigenvalue weighted by Gasteiger charge is 2.30. The Morgan fingerprint density at radius 1 is 0.284 bits per heavy atom. The van der Waals surface area contributed by atoms with Crippen molar-refractivity contribution in [3.05, 3.63) is 0 Å². The number of carbonyl (C=O) groups excluding carboxylic acids is 4. The first kappa shape index (κ1) is 93.1. The Bertz CT molecular complexity index is 1850. The van der Waals surface area contributed by atoms with Crippen molar-refractivity contribution in [2.45, 2.75) is 407 Å². The van der Waals surface area contributed by atoms with Gasteiger partial charge in [-0.25, -0.2) is 9.13 Å². The van der Waals surface area contributed by atoms with Crippen LogP contribution >= 0.6 is 15.6 Å². The molecule has 0 aromatic heterocycles. The summed E-state index contributed by atoms with van der Waals surface area (Å²) in [6, 6.07) is 0. The maximum atomic E-state index is 13.1. The van der Waals surface area contributed by atoms with Crippen LogP contribution < -0.4 is 0 Å². The Labute approximate surface area is 581 Å². The number of aliphatic hydroxyl groups excluding tert-OH is 1. The number of hydrogen-bond acceptors (Lipinski definition) is 15. The molecule has 564 valence electrons. The van der Waals surface area contributed by atoms with E-state index in [0.717, 1.165) is 108 Å². The predicted molar refractivity (Wildman–Crippen MR) is 386 cm³/mol. The van der Waals surface area contributed by atoms with Crippen LogP contribution in [0.3, 0.4) is 0 Å². The third kappa shape index (κ3) is 70.3. The Hall–Kier alpha value is -1.94. The molecule has 0 saturated heterocycles. The lowest BCUT2D eigenvalue weighted by Gasteiger charge is -2.21. The van der Waals surface area contributed by atoms with Crippen molar-refractivity contribution < 1.29 is 80.2 Å². The van der Waals surface area contributed by atoms with Crippen LogP contribution in [0.25, 0.3) is 0 Å². The summed E-state index contributed by atoms with van der Waals surface area (Å²) in [5.41, 5.74) is 0. The number of phosphoric ester groups is 2. The van der Waals surface area contributed by atoms with E-state index in [9.17, 15) is 43.2 Å². The molecule has 5 atom stereocenters. The third-order valence-corrected chi connectivity index (χ3v) is 19.5. The minimum Gasteiger partial charge on any atom is -0.462 e. The number of hydrogen-bond donors (Lipinski definition) is 3. The number of unbranched alkanes of at least 4 members (excludes halogenated alkanes) is 42. The molecule has 19 heteroatoms. The van der Waals surface area contributed by atoms with Gasteiger partial charge in [0, 0.05) is 25.7 Å². The minimum atomic E-state index is -4.96. The van der Waals surface area contributed by atoms with Crippen molar-refractivity contribution in [1.29, 1.82) is 0 Å². The molecule has 0 spiro atoms. The number of phosphoric acid groups is 2. The fourth-order valence-corrected chi connectivity index (χ4v) is 13.2. The number of ether oxygens (including phenoxy) is 4. The van der Waals surface area contributed by atoms with Crippen LogP contribution in [0.1, 0.15) is 389 Å². The van der Waals surface area contributed by atoms with Crippen LogP contribution in [0.2, 0.25) is 0 Å². The van der Waals surface area contributed by atoms with Crippen LogP contribution in [-0.4, -0.2) is 96.7 Å². The zero-order chi connectivity index (χ0) is 70.1. The largest absolute Gasteiger partial charge is 0.472 e. The molecule has 2 unspecified atom stereocenters. The molecular formula is C76H148O17P2. The Balaban J connectivity index is 5.26. The molecule has 0 aromatic rings. The summed E-state index contributed by atoms with van der Waals surface area (Å²) >= 11 is 0. The van der Waals surface area contributed by atoms with E-state index in [1.165, 1.54) is 199 Å². The van der Waals surface area contributed by atoms with Crippen molar-refractivity contribution in [2.75, 3.05) is 39.6 Å². The zero-order valence-corrected chi connectivity index (χ0v) is 63.9. The van der Waals surface area contributed by atoms with E-state index >= 15 is 0 Å². The average molecular weight is 1400 g/mol. The highest BCUT2D eigenvalue weighted by molar-refractivity contribution is 7.47. The topological polar surface area (TPSA) is 237 Å². The summed E-state index contributed by atoms with van der Waals surface area (Å²) < 4.78 is 68.6. The molecule has 0 rings (SSSR count). The second-order valence-corrected chi connectivity index (χ2v) is 31.7. The SMILES string of the molecule is CCCCCCCCCCCCCC(=O)OC[C@H](COP(=O)(O)OC[C@H](O)COP(=O)(O)OC[C@@H](COC(=O)CCCCCCCCCCCCCCC(C)C)OC(=O)CCCCCCCCCCCCCCC(C)C)OC(=O)CCCCCCCCCCCCCC(C)C. The second kappa shape index (κ2) is 66.6. The van der Waals surface area contributed by atoms with E-state index in [1.54, 1.807) is 0 Å². The summed E-state index contributed by atoms with van der Waals surface area (Å²) in [4.78, 5) is 72.8. The van der Waals surface area contributed by atoms with Crippen molar-refractivity contribution in [3.63, 3.8) is 0 Å². The van der Waals surface area contributed by atoms with Crippen LogP contribution in [0, 0.1) is 17.8 Å². The van der Waals surface area contributed by atoms with E-state index in [-0.39, 0.29) is 25.7 Å². The average Bonchev–Trinajstić information content (AvgIpc) is 2.04. The number of rotatable bonds is 74. The molecule has 0 radical (unpaired) electrons. The quantitative estimate of drug-likeness (QED) is 0.0222. The first-order valence-electron chi connectivity index (χ1n) is 39.3. The van der Waals surface area contributed by atoms with Crippen molar-refractivity contribution >= 4 is 39.5 Å². The van der Waals surface area contributed by atoms with E-state index in [2.05, 4.69) is 48.5 Å². The fraction of sp³-hybridized carbons (Fsp3) is 0.947. The van der Waals surface area contributed by atoms with Crippen LogP contribution in [0.5, 0.6) is 0 Å². The molecule has 17 nitrogen and oxygen atoms in total. The second-order valence-electron chi connectivity index (χ2n) is 28.8. The molecule has 0 aromatic carbocycles. The molecule has 95 heavy (non-hydrogen) atoms. The molecule has 0 fully saturated rings. The van der Waals surface area contributed by atoms with Gasteiger partial charge >= 0.3 is 39.5 Å². The van der Waals surface area contributed by atoms with Gasteiger partial charge in [-0.1, -0.05) is 337 Å². The maximum absolute atomic E-state index is 13.1. The van der Waals surface area contributed by atoms with Crippen LogP contribution in [0.4, 0.5) is 0 Å². The first-order valence-corrected chi connectivity index (χ1v) is 42.3. The highest BCUT2D eigenvalue weighted by Crippen LogP contribution is 2.45. The van der Waals surface area contributed by atoms with E-state index in [0.29, 0.717) is 25.7 Å². The summed E-state index contributed by atoms with van der Waals surface area (Å²) in [5, 5.41) is 10.6. The standard InChI is InChI=1S/C76H148O17P2/c1-8-9-10-11-12-13-19-29-36-43-50-57-73(78)86-63-71(93-76(81)60-53-46-39-32-25-18-22-28-35-42-49-56-69(6)7)65-90-94(82,83)88-61-70(77)62-89-95(84,85)91-66-72(92-75(80)59-52-45-38-31-24-17-15-21-27-34-41-48-55-68(4)5)64-87-74(79)58-51-44-37-30-23-16-14-20-26-33-40-47-54-67(2)3/h67-72,77H,8-66H2,1-7H3,(H,82,83)(H,84,85)/t70-,71+,72+/m0/s1. The highest BCUT2D eigenvalue weighted by atomic mass is 31.2. The normalized spacial score (nSPS) is 14.1. The molecule has 0 saturated carbocycles. The van der Waals surface area contributed by atoms with Gasteiger partial charge in [0.15, 0.2) is 12.2 Å². The summed E-state index contributed by atoms with van der Waals surface area (Å²) in [7, 11) is -9.91. The van der Waals surface area contributed by atoms with Gasteiger partial charge in [-0.3, -0.25) is 37.3 Å². The van der Waals surface area contributed by atoms with Gasteiger partial charge in [0.25, 0.3) is 0 Å². The van der Waals surface area contributed by atoms with Gasteiger partial charge in [-0.15, -0.1) is 0 Å². The molecule has 0 bridgehead atoms. The van der Waals surface area contributed by atoms with E-state index in [1.807, 2.05) is 0 Å². The predicted octanol–water partition coefficient (Wildman–Crippen LogP) is 22.2. The minimum absolute atomic E-state index is 0.106. The van der Waals surface area contributed by atoms with Crippen molar-refractivity contribution in [3.8, 4) is 0 Å². The monoisotopic (exact) mass is 1400 g/mol. The van der Waals surface area contributed by atoms with Gasteiger partial charge in [0.1, 0.15) is 19.3 Å². The first-order chi connectivity index (χ1) is 45.7. The van der Waals surface area contributed by atoms with Crippen LogP contribution in [0.15, 0.2) is 0 Å². The molecule has 3 N–H and O–H groups in total. The van der Waals surface area contributed by atoms with Crippen molar-refractivity contribution in [2.24, 2.45) is 17.8 Å². The summed E-state index contributed by atoms with van der Waals surface area (Å²) in [5.74, 6) is 0.208. The number of esters is 4. The zero-order valence-electron chi connectivity index (χ0n) is 62.1. The molecule has 0 heterocycles.